The second-order valence-corrected chi connectivity index (χ2v) is 5.57. The molecule has 1 aliphatic rings. The van der Waals surface area contributed by atoms with Crippen LogP contribution in [-0.2, 0) is 6.42 Å². The number of piperidine rings is 1. The molecule has 19 heavy (non-hydrogen) atoms. The lowest BCUT2D eigenvalue weighted by atomic mass is 10.0. The van der Waals surface area contributed by atoms with E-state index >= 15 is 0 Å². The van der Waals surface area contributed by atoms with Gasteiger partial charge in [0.1, 0.15) is 0 Å². The van der Waals surface area contributed by atoms with Gasteiger partial charge < -0.3 is 10.2 Å². The van der Waals surface area contributed by atoms with Gasteiger partial charge in [0.05, 0.1) is 0 Å². The van der Waals surface area contributed by atoms with Crippen LogP contribution < -0.4 is 5.32 Å². The van der Waals surface area contributed by atoms with E-state index < -0.39 is 0 Å². The third kappa shape index (κ3) is 4.32. The molecule has 1 aliphatic heterocycles. The third-order valence-electron chi connectivity index (χ3n) is 4.13. The van der Waals surface area contributed by atoms with Crippen LogP contribution in [-0.4, -0.2) is 31.1 Å². The molecule has 1 aromatic rings. The Morgan fingerprint density at radius 2 is 1.74 bits per heavy atom. The Kier molecular flexibility index (Phi) is 5.87. The summed E-state index contributed by atoms with van der Waals surface area (Å²) in [6, 6.07) is 9.63. The summed E-state index contributed by atoms with van der Waals surface area (Å²) in [5.41, 5.74) is 2.86. The number of likely N-dealkylation sites (tertiary alicyclic amines) is 1. The number of hydrogen-bond donors (Lipinski definition) is 1. The lowest BCUT2D eigenvalue weighted by Crippen LogP contribution is -2.38. The summed E-state index contributed by atoms with van der Waals surface area (Å²) in [7, 11) is 0. The first-order valence-electron chi connectivity index (χ1n) is 7.88. The number of aryl methyl sites for hydroxylation is 1. The van der Waals surface area contributed by atoms with Crippen molar-refractivity contribution < 1.29 is 0 Å². The zero-order valence-electron chi connectivity index (χ0n) is 12.5. The highest BCUT2D eigenvalue weighted by Gasteiger charge is 2.17. The van der Waals surface area contributed by atoms with Gasteiger partial charge in [0.25, 0.3) is 0 Å². The summed E-state index contributed by atoms with van der Waals surface area (Å²) >= 11 is 0. The molecule has 0 aromatic heterocycles. The topological polar surface area (TPSA) is 15.3 Å². The predicted molar refractivity (Wildman–Crippen MR) is 82.5 cm³/mol. The van der Waals surface area contributed by atoms with Crippen LogP contribution in [0.1, 0.15) is 50.3 Å². The van der Waals surface area contributed by atoms with Crippen molar-refractivity contribution in [1.29, 1.82) is 0 Å². The van der Waals surface area contributed by atoms with E-state index in [1.54, 1.807) is 0 Å². The van der Waals surface area contributed by atoms with Crippen molar-refractivity contribution in [3.63, 3.8) is 0 Å². The Hall–Kier alpha value is -0.860. The molecule has 106 valence electrons. The van der Waals surface area contributed by atoms with E-state index in [0.29, 0.717) is 6.04 Å². The Morgan fingerprint density at radius 3 is 2.32 bits per heavy atom. The van der Waals surface area contributed by atoms with E-state index in [1.807, 2.05) is 0 Å². The summed E-state index contributed by atoms with van der Waals surface area (Å²) in [6.45, 7) is 9.14. The van der Waals surface area contributed by atoms with Gasteiger partial charge in [-0.2, -0.15) is 0 Å². The van der Waals surface area contributed by atoms with Gasteiger partial charge in [-0.1, -0.05) is 44.5 Å². The maximum absolute atomic E-state index is 3.64. The van der Waals surface area contributed by atoms with Crippen LogP contribution in [0.2, 0.25) is 0 Å². The first kappa shape index (κ1) is 14.5. The lowest BCUT2D eigenvalue weighted by molar-refractivity contribution is 0.206. The van der Waals surface area contributed by atoms with Gasteiger partial charge in [-0.25, -0.2) is 0 Å². The van der Waals surface area contributed by atoms with Crippen LogP contribution in [0.4, 0.5) is 0 Å². The van der Waals surface area contributed by atoms with E-state index in [1.165, 1.54) is 43.5 Å². The van der Waals surface area contributed by atoms with Crippen LogP contribution in [0.5, 0.6) is 0 Å². The number of hydrogen-bond acceptors (Lipinski definition) is 2. The Bertz CT molecular complexity index is 352. The fourth-order valence-electron chi connectivity index (χ4n) is 2.92. The molecule has 1 heterocycles. The Balaban J connectivity index is 2.00. The molecule has 0 bridgehead atoms. The highest BCUT2D eigenvalue weighted by molar-refractivity contribution is 5.25. The van der Waals surface area contributed by atoms with Gasteiger partial charge in [0.2, 0.25) is 0 Å². The van der Waals surface area contributed by atoms with Gasteiger partial charge in [-0.3, -0.25) is 0 Å². The van der Waals surface area contributed by atoms with Crippen molar-refractivity contribution in [2.45, 2.75) is 45.6 Å². The van der Waals surface area contributed by atoms with Crippen LogP contribution in [0.3, 0.4) is 0 Å². The number of rotatable bonds is 6. The molecule has 0 aliphatic carbocycles. The van der Waals surface area contributed by atoms with Crippen molar-refractivity contribution in [1.82, 2.24) is 10.2 Å². The molecule has 0 spiro atoms. The summed E-state index contributed by atoms with van der Waals surface area (Å²) in [5.74, 6) is 0. The highest BCUT2D eigenvalue weighted by atomic mass is 15.1. The Labute approximate surface area is 118 Å². The van der Waals surface area contributed by atoms with E-state index in [2.05, 4.69) is 48.3 Å². The smallest absolute Gasteiger partial charge is 0.0449 e. The maximum atomic E-state index is 3.64. The predicted octanol–water partition coefficient (Wildman–Crippen LogP) is 3.39. The molecule has 1 fully saturated rings. The normalized spacial score (nSPS) is 18.4. The molecule has 1 saturated heterocycles. The standard InChI is InChI=1S/C17H28N2/c1-3-15-8-10-16(11-9-15)17(18-4-2)14-19-12-6-5-7-13-19/h8-11,17-18H,3-7,12-14H2,1-2H3. The van der Waals surface area contributed by atoms with Gasteiger partial charge in [0, 0.05) is 12.6 Å². The number of benzene rings is 1. The third-order valence-corrected chi connectivity index (χ3v) is 4.13. The molecule has 2 heteroatoms. The largest absolute Gasteiger partial charge is 0.309 e. The van der Waals surface area contributed by atoms with Crippen molar-refractivity contribution in [2.75, 3.05) is 26.2 Å². The molecule has 1 atom stereocenters. The van der Waals surface area contributed by atoms with Crippen LogP contribution in [0.15, 0.2) is 24.3 Å². The number of likely N-dealkylation sites (N-methyl/N-ethyl adjacent to an activating group) is 1. The SMILES string of the molecule is CCNC(CN1CCCCC1)c1ccc(CC)cc1. The maximum Gasteiger partial charge on any atom is 0.0449 e. The van der Waals surface area contributed by atoms with Crippen LogP contribution >= 0.6 is 0 Å². The van der Waals surface area contributed by atoms with Gasteiger partial charge >= 0.3 is 0 Å². The fraction of sp³-hybridized carbons (Fsp3) is 0.647. The van der Waals surface area contributed by atoms with E-state index in [0.717, 1.165) is 19.5 Å². The van der Waals surface area contributed by atoms with Gasteiger partial charge in [-0.15, -0.1) is 0 Å². The van der Waals surface area contributed by atoms with E-state index in [4.69, 9.17) is 0 Å². The molecule has 1 unspecified atom stereocenters. The molecule has 0 saturated carbocycles. The highest BCUT2D eigenvalue weighted by Crippen LogP contribution is 2.18. The second-order valence-electron chi connectivity index (χ2n) is 5.57. The van der Waals surface area contributed by atoms with Gasteiger partial charge in [-0.05, 0) is 50.0 Å². The summed E-state index contributed by atoms with van der Waals surface area (Å²) < 4.78 is 0. The summed E-state index contributed by atoms with van der Waals surface area (Å²) in [5, 5.41) is 3.64. The first-order valence-corrected chi connectivity index (χ1v) is 7.88. The second kappa shape index (κ2) is 7.66. The van der Waals surface area contributed by atoms with Crippen molar-refractivity contribution in [3.05, 3.63) is 35.4 Å². The minimum atomic E-state index is 0.481. The zero-order chi connectivity index (χ0) is 13.5. The number of nitrogens with one attached hydrogen (secondary N) is 1. The van der Waals surface area contributed by atoms with E-state index in [-0.39, 0.29) is 0 Å². The summed E-state index contributed by atoms with van der Waals surface area (Å²) in [6.07, 6.45) is 5.27. The molecule has 1 aromatic carbocycles. The quantitative estimate of drug-likeness (QED) is 0.843. The molecule has 2 rings (SSSR count). The van der Waals surface area contributed by atoms with Crippen LogP contribution in [0, 0.1) is 0 Å². The number of nitrogens with zero attached hydrogens (tertiary/aromatic N) is 1. The molecular formula is C17H28N2. The van der Waals surface area contributed by atoms with Crippen molar-refractivity contribution in [2.24, 2.45) is 0 Å². The monoisotopic (exact) mass is 260 g/mol. The minimum Gasteiger partial charge on any atom is -0.309 e. The Morgan fingerprint density at radius 1 is 1.05 bits per heavy atom. The van der Waals surface area contributed by atoms with Gasteiger partial charge in [0.15, 0.2) is 0 Å². The van der Waals surface area contributed by atoms with E-state index in [9.17, 15) is 0 Å². The van der Waals surface area contributed by atoms with Crippen molar-refractivity contribution in [3.8, 4) is 0 Å². The average Bonchev–Trinajstić information content (AvgIpc) is 2.48. The minimum absolute atomic E-state index is 0.481. The van der Waals surface area contributed by atoms with Crippen LogP contribution in [0.25, 0.3) is 0 Å². The molecule has 2 nitrogen and oxygen atoms in total. The zero-order valence-corrected chi connectivity index (χ0v) is 12.5. The molecule has 1 N–H and O–H groups in total. The van der Waals surface area contributed by atoms with Crippen molar-refractivity contribution >= 4 is 0 Å². The molecule has 0 radical (unpaired) electrons. The average molecular weight is 260 g/mol. The fourth-order valence-corrected chi connectivity index (χ4v) is 2.92. The lowest BCUT2D eigenvalue weighted by Gasteiger charge is -2.31. The molecular weight excluding hydrogens is 232 g/mol. The summed E-state index contributed by atoms with van der Waals surface area (Å²) in [4.78, 5) is 2.62. The first-order chi connectivity index (χ1) is 9.33. The molecule has 0 amide bonds.